The number of hydrogen-bond acceptors (Lipinski definition) is 1. The molecule has 1 nitrogen and oxygen atoms in total. The maximum Gasteiger partial charge on any atom is 0.0637 e. The second kappa shape index (κ2) is 9.47. The lowest BCUT2D eigenvalue weighted by Gasteiger charge is -2.12. The molecule has 0 amide bonds. The van der Waals surface area contributed by atoms with E-state index in [1.165, 1.54) is 57.8 Å². The molecule has 0 unspecified atom stereocenters. The molecule has 17 heavy (non-hydrogen) atoms. The highest BCUT2D eigenvalue weighted by Gasteiger charge is 2.18. The van der Waals surface area contributed by atoms with Crippen molar-refractivity contribution in [2.24, 2.45) is 5.92 Å². The van der Waals surface area contributed by atoms with Crippen molar-refractivity contribution in [3.8, 4) is 0 Å². The van der Waals surface area contributed by atoms with Crippen molar-refractivity contribution in [1.82, 2.24) is 0 Å². The minimum atomic E-state index is -0.0890. The normalized spacial score (nSPS) is 23.1. The van der Waals surface area contributed by atoms with Gasteiger partial charge in [0.15, 0.2) is 0 Å². The van der Waals surface area contributed by atoms with E-state index in [2.05, 4.69) is 18.7 Å². The van der Waals surface area contributed by atoms with Crippen LogP contribution in [0.1, 0.15) is 64.2 Å². The highest BCUT2D eigenvalue weighted by Crippen LogP contribution is 2.23. The number of aliphatic hydroxyl groups is 1. The third kappa shape index (κ3) is 6.68. The van der Waals surface area contributed by atoms with Crippen LogP contribution < -0.4 is 0 Å². The van der Waals surface area contributed by atoms with Crippen LogP contribution in [0.5, 0.6) is 0 Å². The van der Waals surface area contributed by atoms with Crippen LogP contribution >= 0.6 is 0 Å². The highest BCUT2D eigenvalue weighted by atomic mass is 16.3. The summed E-state index contributed by atoms with van der Waals surface area (Å²) in [5, 5.41) is 9.64. The Kier molecular flexibility index (Phi) is 8.08. The Morgan fingerprint density at radius 2 is 1.71 bits per heavy atom. The van der Waals surface area contributed by atoms with Gasteiger partial charge in [0.1, 0.15) is 0 Å². The van der Waals surface area contributed by atoms with Crippen LogP contribution in [-0.2, 0) is 0 Å². The van der Waals surface area contributed by atoms with Crippen LogP contribution in [0, 0.1) is 5.92 Å². The number of aliphatic hydroxyl groups excluding tert-OH is 1. The fraction of sp³-hybridized carbons (Fsp3) is 0.750. The third-order valence-electron chi connectivity index (χ3n) is 3.70. The molecule has 98 valence electrons. The van der Waals surface area contributed by atoms with Gasteiger partial charge in [-0.05, 0) is 25.7 Å². The van der Waals surface area contributed by atoms with Crippen LogP contribution in [-0.4, -0.2) is 11.2 Å². The van der Waals surface area contributed by atoms with Gasteiger partial charge in [0.25, 0.3) is 0 Å². The van der Waals surface area contributed by atoms with E-state index in [-0.39, 0.29) is 6.10 Å². The first kappa shape index (κ1) is 14.5. The van der Waals surface area contributed by atoms with Gasteiger partial charge in [-0.15, -0.1) is 6.58 Å². The lowest BCUT2D eigenvalue weighted by molar-refractivity contribution is 0.137. The fourth-order valence-electron chi connectivity index (χ4n) is 2.54. The summed E-state index contributed by atoms with van der Waals surface area (Å²) in [5.41, 5.74) is 0. The molecule has 1 N–H and O–H groups in total. The van der Waals surface area contributed by atoms with Crippen molar-refractivity contribution in [2.75, 3.05) is 0 Å². The largest absolute Gasteiger partial charge is 0.392 e. The molecule has 0 heterocycles. The molecule has 0 aromatic carbocycles. The molecule has 1 aliphatic rings. The number of hydrogen-bond donors (Lipinski definition) is 1. The molecular formula is C16H28O. The van der Waals surface area contributed by atoms with Gasteiger partial charge < -0.3 is 5.11 Å². The van der Waals surface area contributed by atoms with Gasteiger partial charge in [0.2, 0.25) is 0 Å². The van der Waals surface area contributed by atoms with E-state index in [4.69, 9.17) is 0 Å². The van der Waals surface area contributed by atoms with E-state index in [1.807, 2.05) is 6.08 Å². The summed E-state index contributed by atoms with van der Waals surface area (Å²) < 4.78 is 0. The van der Waals surface area contributed by atoms with E-state index in [0.717, 1.165) is 6.42 Å². The molecule has 0 spiro atoms. The summed E-state index contributed by atoms with van der Waals surface area (Å²) in [4.78, 5) is 0. The first-order valence-corrected chi connectivity index (χ1v) is 7.30. The van der Waals surface area contributed by atoms with Crippen molar-refractivity contribution in [1.29, 1.82) is 0 Å². The van der Waals surface area contributed by atoms with Gasteiger partial charge in [0, 0.05) is 5.92 Å². The van der Waals surface area contributed by atoms with Crippen LogP contribution in [0.15, 0.2) is 24.8 Å². The Morgan fingerprint density at radius 1 is 1.06 bits per heavy atom. The quantitative estimate of drug-likeness (QED) is 0.433. The summed E-state index contributed by atoms with van der Waals surface area (Å²) in [6.07, 6.45) is 18.8. The molecule has 1 heteroatoms. The SMILES string of the molecule is C=CCCCCCCCCC[C@H]1C=CC[C@@H]1O. The van der Waals surface area contributed by atoms with Crippen LogP contribution in [0.3, 0.4) is 0 Å². The zero-order chi connectivity index (χ0) is 12.3. The van der Waals surface area contributed by atoms with E-state index in [9.17, 15) is 5.11 Å². The van der Waals surface area contributed by atoms with Crippen molar-refractivity contribution >= 4 is 0 Å². The molecule has 1 rings (SSSR count). The predicted molar refractivity (Wildman–Crippen MR) is 75.0 cm³/mol. The first-order chi connectivity index (χ1) is 8.34. The molecule has 0 saturated heterocycles. The predicted octanol–water partition coefficient (Wildman–Crippen LogP) is 4.62. The van der Waals surface area contributed by atoms with Gasteiger partial charge in [-0.3, -0.25) is 0 Å². The Morgan fingerprint density at radius 3 is 2.29 bits per heavy atom. The Bertz CT molecular complexity index is 220. The van der Waals surface area contributed by atoms with Crippen LogP contribution in [0.25, 0.3) is 0 Å². The van der Waals surface area contributed by atoms with Crippen molar-refractivity contribution < 1.29 is 5.11 Å². The van der Waals surface area contributed by atoms with E-state index >= 15 is 0 Å². The molecule has 0 aliphatic heterocycles. The topological polar surface area (TPSA) is 20.2 Å². The van der Waals surface area contributed by atoms with Crippen LogP contribution in [0.4, 0.5) is 0 Å². The zero-order valence-corrected chi connectivity index (χ0v) is 11.1. The summed E-state index contributed by atoms with van der Waals surface area (Å²) in [7, 11) is 0. The standard InChI is InChI=1S/C16H28O/c1-2-3-4-5-6-7-8-9-10-12-15-13-11-14-16(15)17/h2,11,13,15-17H,1,3-10,12,14H2/t15-,16-/m0/s1. The average molecular weight is 236 g/mol. The summed E-state index contributed by atoms with van der Waals surface area (Å²) in [5.74, 6) is 0.447. The molecule has 0 fully saturated rings. The highest BCUT2D eigenvalue weighted by molar-refractivity contribution is 5.01. The second-order valence-corrected chi connectivity index (χ2v) is 5.24. The zero-order valence-electron chi connectivity index (χ0n) is 11.1. The monoisotopic (exact) mass is 236 g/mol. The minimum Gasteiger partial charge on any atom is -0.392 e. The fourth-order valence-corrected chi connectivity index (χ4v) is 2.54. The summed E-state index contributed by atoms with van der Waals surface area (Å²) >= 11 is 0. The van der Waals surface area contributed by atoms with Crippen LogP contribution in [0.2, 0.25) is 0 Å². The summed E-state index contributed by atoms with van der Waals surface area (Å²) in [6.45, 7) is 3.74. The van der Waals surface area contributed by atoms with Crippen molar-refractivity contribution in [3.63, 3.8) is 0 Å². The Balaban J connectivity index is 1.81. The molecule has 0 bridgehead atoms. The van der Waals surface area contributed by atoms with Gasteiger partial charge in [0.05, 0.1) is 6.10 Å². The lowest BCUT2D eigenvalue weighted by atomic mass is 9.98. The van der Waals surface area contributed by atoms with E-state index in [1.54, 1.807) is 0 Å². The van der Waals surface area contributed by atoms with E-state index in [0.29, 0.717) is 5.92 Å². The van der Waals surface area contributed by atoms with Gasteiger partial charge in [-0.2, -0.15) is 0 Å². The Labute approximate surface area is 107 Å². The van der Waals surface area contributed by atoms with Gasteiger partial charge >= 0.3 is 0 Å². The molecular weight excluding hydrogens is 208 g/mol. The molecule has 0 saturated carbocycles. The smallest absolute Gasteiger partial charge is 0.0637 e. The maximum atomic E-state index is 9.64. The first-order valence-electron chi connectivity index (χ1n) is 7.30. The number of unbranched alkanes of at least 4 members (excludes halogenated alkanes) is 7. The van der Waals surface area contributed by atoms with Crippen molar-refractivity contribution in [2.45, 2.75) is 70.3 Å². The lowest BCUT2D eigenvalue weighted by Crippen LogP contribution is -2.12. The molecule has 2 atom stereocenters. The van der Waals surface area contributed by atoms with E-state index < -0.39 is 0 Å². The number of rotatable bonds is 10. The second-order valence-electron chi connectivity index (χ2n) is 5.24. The van der Waals surface area contributed by atoms with Crippen molar-refractivity contribution in [3.05, 3.63) is 24.8 Å². The third-order valence-corrected chi connectivity index (χ3v) is 3.70. The van der Waals surface area contributed by atoms with Gasteiger partial charge in [-0.25, -0.2) is 0 Å². The maximum absolute atomic E-state index is 9.64. The Hall–Kier alpha value is -0.560. The minimum absolute atomic E-state index is 0.0890. The molecule has 1 aliphatic carbocycles. The molecule has 0 aromatic heterocycles. The summed E-state index contributed by atoms with van der Waals surface area (Å²) in [6, 6.07) is 0. The molecule has 0 radical (unpaired) electrons. The average Bonchev–Trinajstić information content (AvgIpc) is 2.73. The molecule has 0 aromatic rings. The van der Waals surface area contributed by atoms with Gasteiger partial charge in [-0.1, -0.05) is 56.8 Å². The number of allylic oxidation sites excluding steroid dienone is 1.